The van der Waals surface area contributed by atoms with Crippen LogP contribution in [-0.4, -0.2) is 39.5 Å². The molecule has 0 aliphatic carbocycles. The summed E-state index contributed by atoms with van der Waals surface area (Å²) >= 11 is 0. The molecule has 2 aromatic heterocycles. The number of aromatic nitrogens is 3. The van der Waals surface area contributed by atoms with E-state index in [0.717, 1.165) is 37.2 Å². The Balaban J connectivity index is 1.64. The molecule has 1 amide bonds. The average Bonchev–Trinajstić information content (AvgIpc) is 3.28. The molecule has 3 heterocycles. The first kappa shape index (κ1) is 16.4. The molecule has 1 fully saturated rings. The highest BCUT2D eigenvalue weighted by Crippen LogP contribution is 2.33. The van der Waals surface area contributed by atoms with Gasteiger partial charge in [0.15, 0.2) is 5.82 Å². The topological polar surface area (TPSA) is 84.2 Å². The lowest BCUT2D eigenvalue weighted by molar-refractivity contribution is -0.132. The van der Waals surface area contributed by atoms with Crippen molar-refractivity contribution in [3.8, 4) is 0 Å². The van der Waals surface area contributed by atoms with Crippen LogP contribution in [0.4, 0.5) is 5.82 Å². The SMILES string of the molecule is CCc1noc(CCC(=O)N2CCC[C@@H]2c2ccnc(NC)c2)n1. The fourth-order valence-electron chi connectivity index (χ4n) is 3.10. The highest BCUT2D eigenvalue weighted by atomic mass is 16.5. The number of amides is 1. The van der Waals surface area contributed by atoms with E-state index in [1.54, 1.807) is 6.20 Å². The second-order valence-electron chi connectivity index (χ2n) is 5.93. The quantitative estimate of drug-likeness (QED) is 0.876. The van der Waals surface area contributed by atoms with Crippen molar-refractivity contribution in [1.82, 2.24) is 20.0 Å². The first-order chi connectivity index (χ1) is 11.7. The Labute approximate surface area is 141 Å². The Kier molecular flexibility index (Phi) is 5.08. The molecule has 1 aliphatic rings. The number of carbonyl (C=O) groups is 1. The standard InChI is InChI=1S/C17H23N5O2/c1-3-14-20-16(24-21-14)6-7-17(23)22-10-4-5-13(22)12-8-9-19-15(11-12)18-2/h8-9,11,13H,3-7,10H2,1-2H3,(H,18,19)/t13-/m1/s1. The molecule has 1 aliphatic heterocycles. The molecule has 1 N–H and O–H groups in total. The van der Waals surface area contributed by atoms with E-state index >= 15 is 0 Å². The molecule has 2 aromatic rings. The van der Waals surface area contributed by atoms with Crippen LogP contribution in [0.2, 0.25) is 0 Å². The molecule has 0 radical (unpaired) electrons. The molecular formula is C17H23N5O2. The molecule has 3 rings (SSSR count). The highest BCUT2D eigenvalue weighted by molar-refractivity contribution is 5.77. The third-order valence-corrected chi connectivity index (χ3v) is 4.38. The molecule has 1 saturated heterocycles. The minimum atomic E-state index is 0.126. The minimum Gasteiger partial charge on any atom is -0.373 e. The molecule has 7 heteroatoms. The van der Waals surface area contributed by atoms with Crippen molar-refractivity contribution in [2.24, 2.45) is 0 Å². The molecule has 0 saturated carbocycles. The molecule has 128 valence electrons. The van der Waals surface area contributed by atoms with Crippen LogP contribution >= 0.6 is 0 Å². The van der Waals surface area contributed by atoms with Crippen LogP contribution in [0, 0.1) is 0 Å². The van der Waals surface area contributed by atoms with Crippen LogP contribution in [-0.2, 0) is 17.6 Å². The first-order valence-electron chi connectivity index (χ1n) is 8.46. The smallest absolute Gasteiger partial charge is 0.227 e. The van der Waals surface area contributed by atoms with E-state index < -0.39 is 0 Å². The van der Waals surface area contributed by atoms with Crippen molar-refractivity contribution in [2.45, 2.75) is 45.1 Å². The van der Waals surface area contributed by atoms with Gasteiger partial charge in [-0.05, 0) is 30.5 Å². The summed E-state index contributed by atoms with van der Waals surface area (Å²) in [6.07, 6.45) is 5.42. The molecule has 0 bridgehead atoms. The summed E-state index contributed by atoms with van der Waals surface area (Å²) in [5.74, 6) is 2.19. The van der Waals surface area contributed by atoms with E-state index in [0.29, 0.717) is 24.6 Å². The van der Waals surface area contributed by atoms with Gasteiger partial charge in [-0.3, -0.25) is 4.79 Å². The van der Waals surface area contributed by atoms with Crippen molar-refractivity contribution in [3.05, 3.63) is 35.6 Å². The molecule has 1 atom stereocenters. The maximum absolute atomic E-state index is 12.6. The Morgan fingerprint density at radius 3 is 3.12 bits per heavy atom. The van der Waals surface area contributed by atoms with Crippen molar-refractivity contribution in [3.63, 3.8) is 0 Å². The zero-order valence-electron chi connectivity index (χ0n) is 14.2. The van der Waals surface area contributed by atoms with E-state index in [9.17, 15) is 4.79 Å². The van der Waals surface area contributed by atoms with E-state index in [4.69, 9.17) is 4.52 Å². The van der Waals surface area contributed by atoms with Crippen molar-refractivity contribution < 1.29 is 9.32 Å². The summed E-state index contributed by atoms with van der Waals surface area (Å²) in [5.41, 5.74) is 1.13. The van der Waals surface area contributed by atoms with Crippen LogP contribution in [0.5, 0.6) is 0 Å². The maximum Gasteiger partial charge on any atom is 0.227 e. The van der Waals surface area contributed by atoms with Gasteiger partial charge in [-0.15, -0.1) is 0 Å². The number of pyridine rings is 1. The van der Waals surface area contributed by atoms with Gasteiger partial charge in [0, 0.05) is 39.1 Å². The second kappa shape index (κ2) is 7.42. The summed E-state index contributed by atoms with van der Waals surface area (Å²) in [6.45, 7) is 2.77. The van der Waals surface area contributed by atoms with Crippen LogP contribution < -0.4 is 5.32 Å². The van der Waals surface area contributed by atoms with Gasteiger partial charge < -0.3 is 14.7 Å². The van der Waals surface area contributed by atoms with E-state index in [1.807, 2.05) is 31.0 Å². The Hall–Kier alpha value is -2.44. The summed E-state index contributed by atoms with van der Waals surface area (Å²) in [5, 5.41) is 6.91. The van der Waals surface area contributed by atoms with Gasteiger partial charge >= 0.3 is 0 Å². The Morgan fingerprint density at radius 2 is 2.38 bits per heavy atom. The molecule has 24 heavy (non-hydrogen) atoms. The van der Waals surface area contributed by atoms with Crippen LogP contribution in [0.15, 0.2) is 22.9 Å². The third-order valence-electron chi connectivity index (χ3n) is 4.38. The highest BCUT2D eigenvalue weighted by Gasteiger charge is 2.30. The van der Waals surface area contributed by atoms with Gasteiger partial charge in [-0.2, -0.15) is 4.98 Å². The average molecular weight is 329 g/mol. The normalized spacial score (nSPS) is 17.2. The number of hydrogen-bond acceptors (Lipinski definition) is 6. The predicted molar refractivity (Wildman–Crippen MR) is 89.5 cm³/mol. The summed E-state index contributed by atoms with van der Waals surface area (Å²) in [7, 11) is 1.85. The monoisotopic (exact) mass is 329 g/mol. The summed E-state index contributed by atoms with van der Waals surface area (Å²) in [6, 6.07) is 4.13. The van der Waals surface area contributed by atoms with Gasteiger partial charge in [0.2, 0.25) is 11.8 Å². The van der Waals surface area contributed by atoms with E-state index in [-0.39, 0.29) is 11.9 Å². The number of aryl methyl sites for hydroxylation is 2. The number of nitrogens with zero attached hydrogens (tertiary/aromatic N) is 4. The number of carbonyl (C=O) groups excluding carboxylic acids is 1. The van der Waals surface area contributed by atoms with Gasteiger partial charge in [0.1, 0.15) is 5.82 Å². The molecule has 0 unspecified atom stereocenters. The Bertz CT molecular complexity index is 700. The lowest BCUT2D eigenvalue weighted by atomic mass is 10.1. The number of anilines is 1. The predicted octanol–water partition coefficient (Wildman–Crippen LogP) is 2.37. The summed E-state index contributed by atoms with van der Waals surface area (Å²) in [4.78, 5) is 23.1. The number of hydrogen-bond donors (Lipinski definition) is 1. The van der Waals surface area contributed by atoms with Gasteiger partial charge in [0.05, 0.1) is 6.04 Å². The number of likely N-dealkylation sites (tertiary alicyclic amines) is 1. The van der Waals surface area contributed by atoms with E-state index in [2.05, 4.69) is 20.4 Å². The van der Waals surface area contributed by atoms with Crippen molar-refractivity contribution in [2.75, 3.05) is 18.9 Å². The third kappa shape index (κ3) is 3.55. The van der Waals surface area contributed by atoms with Gasteiger partial charge in [-0.1, -0.05) is 12.1 Å². The molecule has 7 nitrogen and oxygen atoms in total. The summed E-state index contributed by atoms with van der Waals surface area (Å²) < 4.78 is 5.16. The van der Waals surface area contributed by atoms with Gasteiger partial charge in [-0.25, -0.2) is 4.98 Å². The minimum absolute atomic E-state index is 0.126. The van der Waals surface area contributed by atoms with E-state index in [1.165, 1.54) is 0 Å². The zero-order valence-corrected chi connectivity index (χ0v) is 14.2. The zero-order chi connectivity index (χ0) is 16.9. The maximum atomic E-state index is 12.6. The fourth-order valence-corrected chi connectivity index (χ4v) is 3.10. The molecule has 0 spiro atoms. The number of nitrogens with one attached hydrogen (secondary N) is 1. The lowest BCUT2D eigenvalue weighted by Gasteiger charge is -2.25. The largest absolute Gasteiger partial charge is 0.373 e. The first-order valence-corrected chi connectivity index (χ1v) is 8.46. The second-order valence-corrected chi connectivity index (χ2v) is 5.93. The number of rotatable bonds is 6. The van der Waals surface area contributed by atoms with Crippen LogP contribution in [0.25, 0.3) is 0 Å². The lowest BCUT2D eigenvalue weighted by Crippen LogP contribution is -2.30. The van der Waals surface area contributed by atoms with Crippen molar-refractivity contribution >= 4 is 11.7 Å². The van der Waals surface area contributed by atoms with Crippen LogP contribution in [0.3, 0.4) is 0 Å². The molecular weight excluding hydrogens is 306 g/mol. The van der Waals surface area contributed by atoms with Crippen LogP contribution in [0.1, 0.15) is 49.5 Å². The van der Waals surface area contributed by atoms with Crippen molar-refractivity contribution in [1.29, 1.82) is 0 Å². The Morgan fingerprint density at radius 1 is 1.50 bits per heavy atom. The van der Waals surface area contributed by atoms with Gasteiger partial charge in [0.25, 0.3) is 0 Å². The fraction of sp³-hybridized carbons (Fsp3) is 0.529. The molecule has 0 aromatic carbocycles.